The average Bonchev–Trinajstić information content (AvgIpc) is 3.09. The van der Waals surface area contributed by atoms with Crippen molar-refractivity contribution in [1.29, 1.82) is 0 Å². The van der Waals surface area contributed by atoms with Gasteiger partial charge in [0.1, 0.15) is 6.54 Å². The second kappa shape index (κ2) is 6.38. The van der Waals surface area contributed by atoms with E-state index in [1.54, 1.807) is 18.2 Å². The van der Waals surface area contributed by atoms with Crippen LogP contribution in [-0.4, -0.2) is 34.2 Å². The van der Waals surface area contributed by atoms with Crippen molar-refractivity contribution in [2.24, 2.45) is 11.8 Å². The zero-order valence-electron chi connectivity index (χ0n) is 13.3. The second-order valence-corrected chi connectivity index (χ2v) is 7.91. The number of rotatable bonds is 3. The van der Waals surface area contributed by atoms with Crippen LogP contribution >= 0.6 is 22.9 Å². The van der Waals surface area contributed by atoms with Crippen LogP contribution < -0.4 is 5.32 Å². The van der Waals surface area contributed by atoms with Crippen molar-refractivity contribution in [3.8, 4) is 0 Å². The summed E-state index contributed by atoms with van der Waals surface area (Å²) in [5.41, 5.74) is 0.740. The summed E-state index contributed by atoms with van der Waals surface area (Å²) in [6, 6.07) is 5.29. The maximum Gasteiger partial charge on any atom is 0.246 e. The molecule has 1 saturated heterocycles. The van der Waals surface area contributed by atoms with Crippen LogP contribution in [0.4, 0.5) is 5.13 Å². The Morgan fingerprint density at radius 1 is 1.24 bits per heavy atom. The van der Waals surface area contributed by atoms with E-state index in [1.165, 1.54) is 11.3 Å². The maximum absolute atomic E-state index is 12.4. The number of fused-ring (bicyclic) bond motifs is 2. The number of amides is 3. The number of hydrogen-bond acceptors (Lipinski definition) is 5. The van der Waals surface area contributed by atoms with Crippen LogP contribution in [-0.2, 0) is 14.4 Å². The fourth-order valence-corrected chi connectivity index (χ4v) is 4.80. The van der Waals surface area contributed by atoms with Crippen LogP contribution in [0.5, 0.6) is 0 Å². The number of likely N-dealkylation sites (tertiary alicyclic amines) is 1. The molecule has 2 aromatic rings. The summed E-state index contributed by atoms with van der Waals surface area (Å²) in [5, 5.41) is 3.71. The Morgan fingerprint density at radius 2 is 1.92 bits per heavy atom. The molecule has 1 aromatic carbocycles. The van der Waals surface area contributed by atoms with Crippen LogP contribution in [0, 0.1) is 11.8 Å². The van der Waals surface area contributed by atoms with Crippen LogP contribution in [0.15, 0.2) is 18.2 Å². The zero-order valence-corrected chi connectivity index (χ0v) is 14.9. The van der Waals surface area contributed by atoms with E-state index in [9.17, 15) is 14.4 Å². The van der Waals surface area contributed by atoms with Gasteiger partial charge in [-0.25, -0.2) is 4.98 Å². The molecular formula is C17H16ClN3O3S. The number of hydrogen-bond donors (Lipinski definition) is 1. The van der Waals surface area contributed by atoms with E-state index in [0.29, 0.717) is 10.2 Å². The number of halogens is 1. The van der Waals surface area contributed by atoms with Gasteiger partial charge in [0.2, 0.25) is 17.7 Å². The SMILES string of the molecule is O=C(CN1C(=O)[C@@H]2CCCC[C@H]2C1=O)Nc1nc2ccc(Cl)cc2s1. The quantitative estimate of drug-likeness (QED) is 0.834. The van der Waals surface area contributed by atoms with Crippen molar-refractivity contribution in [3.05, 3.63) is 23.2 Å². The third kappa shape index (κ3) is 3.02. The highest BCUT2D eigenvalue weighted by Crippen LogP contribution is 2.38. The molecule has 3 amide bonds. The molecule has 1 N–H and O–H groups in total. The first-order valence-electron chi connectivity index (χ1n) is 8.24. The van der Waals surface area contributed by atoms with Crippen molar-refractivity contribution in [2.75, 3.05) is 11.9 Å². The number of carbonyl (C=O) groups excluding carboxylic acids is 3. The van der Waals surface area contributed by atoms with Gasteiger partial charge in [-0.1, -0.05) is 35.8 Å². The Kier molecular flexibility index (Phi) is 4.21. The molecule has 2 heterocycles. The topological polar surface area (TPSA) is 79.4 Å². The normalized spacial score (nSPS) is 23.2. The van der Waals surface area contributed by atoms with Gasteiger partial charge in [0.05, 0.1) is 22.1 Å². The van der Waals surface area contributed by atoms with E-state index < -0.39 is 5.91 Å². The van der Waals surface area contributed by atoms with Crippen molar-refractivity contribution in [3.63, 3.8) is 0 Å². The molecule has 0 bridgehead atoms. The number of carbonyl (C=O) groups is 3. The molecule has 6 nitrogen and oxygen atoms in total. The lowest BCUT2D eigenvalue weighted by atomic mass is 9.81. The van der Waals surface area contributed by atoms with Crippen molar-refractivity contribution in [2.45, 2.75) is 25.7 Å². The molecule has 0 spiro atoms. The third-order valence-electron chi connectivity index (χ3n) is 4.83. The minimum atomic E-state index is -0.412. The Balaban J connectivity index is 1.46. The zero-order chi connectivity index (χ0) is 17.6. The predicted molar refractivity (Wildman–Crippen MR) is 95.4 cm³/mol. The van der Waals surface area contributed by atoms with Gasteiger partial charge < -0.3 is 5.32 Å². The van der Waals surface area contributed by atoms with E-state index in [4.69, 9.17) is 11.6 Å². The largest absolute Gasteiger partial charge is 0.300 e. The lowest BCUT2D eigenvalue weighted by Crippen LogP contribution is -2.38. The first-order chi connectivity index (χ1) is 12.0. The summed E-state index contributed by atoms with van der Waals surface area (Å²) in [6.07, 6.45) is 3.42. The van der Waals surface area contributed by atoms with E-state index >= 15 is 0 Å². The molecule has 130 valence electrons. The van der Waals surface area contributed by atoms with Gasteiger partial charge >= 0.3 is 0 Å². The van der Waals surface area contributed by atoms with Gasteiger partial charge in [-0.3, -0.25) is 19.3 Å². The van der Waals surface area contributed by atoms with Gasteiger partial charge in [0, 0.05) is 5.02 Å². The van der Waals surface area contributed by atoms with Crippen LogP contribution in [0.3, 0.4) is 0 Å². The number of thiazole rings is 1. The van der Waals surface area contributed by atoms with Gasteiger partial charge in [-0.05, 0) is 31.0 Å². The molecule has 1 aliphatic carbocycles. The van der Waals surface area contributed by atoms with Gasteiger partial charge in [-0.2, -0.15) is 0 Å². The van der Waals surface area contributed by atoms with E-state index in [1.807, 2.05) is 0 Å². The third-order valence-corrected chi connectivity index (χ3v) is 6.00. The van der Waals surface area contributed by atoms with Crippen LogP contribution in [0.2, 0.25) is 5.02 Å². The maximum atomic E-state index is 12.4. The summed E-state index contributed by atoms with van der Waals surface area (Å²) in [5.74, 6) is -1.30. The van der Waals surface area contributed by atoms with Crippen molar-refractivity contribution < 1.29 is 14.4 Å². The molecule has 2 atom stereocenters. The van der Waals surface area contributed by atoms with Gasteiger partial charge in [0.25, 0.3) is 0 Å². The molecule has 8 heteroatoms. The van der Waals surface area contributed by atoms with E-state index in [2.05, 4.69) is 10.3 Å². The summed E-state index contributed by atoms with van der Waals surface area (Å²) < 4.78 is 0.863. The standard InChI is InChI=1S/C17H16ClN3O3S/c18-9-5-6-12-13(7-9)25-17(19-12)20-14(22)8-21-15(23)10-3-1-2-4-11(10)16(21)24/h5-7,10-11H,1-4,8H2,(H,19,20,22)/t10-,11-/m1/s1. The summed E-state index contributed by atoms with van der Waals surface area (Å²) in [4.78, 5) is 42.5. The van der Waals surface area contributed by atoms with Gasteiger partial charge in [-0.15, -0.1) is 0 Å². The lowest BCUT2D eigenvalue weighted by molar-refractivity contribution is -0.142. The minimum absolute atomic E-state index is 0.207. The number of imide groups is 1. The average molecular weight is 378 g/mol. The van der Waals surface area contributed by atoms with Crippen LogP contribution in [0.1, 0.15) is 25.7 Å². The minimum Gasteiger partial charge on any atom is -0.300 e. The highest BCUT2D eigenvalue weighted by atomic mass is 35.5. The molecular weight excluding hydrogens is 362 g/mol. The molecule has 2 fully saturated rings. The summed E-state index contributed by atoms with van der Waals surface area (Å²) in [7, 11) is 0. The highest BCUT2D eigenvalue weighted by Gasteiger charge is 2.48. The lowest BCUT2D eigenvalue weighted by Gasteiger charge is -2.19. The molecule has 1 aromatic heterocycles. The molecule has 2 aliphatic rings. The molecule has 1 aliphatic heterocycles. The number of aromatic nitrogens is 1. The first-order valence-corrected chi connectivity index (χ1v) is 9.43. The molecule has 0 unspecified atom stereocenters. The second-order valence-electron chi connectivity index (χ2n) is 6.44. The number of nitrogens with one attached hydrogen (secondary N) is 1. The Bertz CT molecular complexity index is 857. The van der Waals surface area contributed by atoms with Crippen molar-refractivity contribution >= 4 is 56.0 Å². The Labute approximate surface area is 153 Å². The number of nitrogens with zero attached hydrogens (tertiary/aromatic N) is 2. The molecule has 4 rings (SSSR count). The highest BCUT2D eigenvalue weighted by molar-refractivity contribution is 7.22. The Morgan fingerprint density at radius 3 is 2.60 bits per heavy atom. The van der Waals surface area contributed by atoms with E-state index in [-0.39, 0.29) is 30.2 Å². The summed E-state index contributed by atoms with van der Waals surface area (Å²) in [6.45, 7) is -0.249. The monoisotopic (exact) mass is 377 g/mol. The molecule has 25 heavy (non-hydrogen) atoms. The summed E-state index contributed by atoms with van der Waals surface area (Å²) >= 11 is 7.25. The number of benzene rings is 1. The molecule has 0 radical (unpaired) electrons. The predicted octanol–water partition coefficient (Wildman–Crippen LogP) is 3.06. The van der Waals surface area contributed by atoms with E-state index in [0.717, 1.165) is 40.8 Å². The fraction of sp³-hybridized carbons (Fsp3) is 0.412. The smallest absolute Gasteiger partial charge is 0.246 e. The van der Waals surface area contributed by atoms with Gasteiger partial charge in [0.15, 0.2) is 5.13 Å². The molecule has 1 saturated carbocycles. The first kappa shape index (κ1) is 16.5. The number of anilines is 1. The van der Waals surface area contributed by atoms with Crippen molar-refractivity contribution in [1.82, 2.24) is 9.88 Å². The Hall–Kier alpha value is -1.99. The van der Waals surface area contributed by atoms with Crippen LogP contribution in [0.25, 0.3) is 10.2 Å². The fourth-order valence-electron chi connectivity index (χ4n) is 3.64.